The van der Waals surface area contributed by atoms with E-state index in [4.69, 9.17) is 14.6 Å². The molecule has 378 valence electrons. The average molecular weight is 904 g/mol. The van der Waals surface area contributed by atoms with Crippen LogP contribution in [0.15, 0.2) is 48.6 Å². The molecule has 0 heterocycles. The molecule has 0 radical (unpaired) electrons. The third-order valence-electron chi connectivity index (χ3n) is 12.3. The van der Waals surface area contributed by atoms with Crippen LogP contribution in [0.25, 0.3) is 0 Å². The molecule has 0 bridgehead atoms. The van der Waals surface area contributed by atoms with E-state index in [1.807, 2.05) is 7.05 Å². The number of likely N-dealkylation sites (N-methyl/N-ethyl adjacent to an activating group) is 4. The standard InChI is InChI=1S/C47H88N2O3.C9H22N2O/c1-6-10-12-14-16-18-20-22-24-26-28-30-32-34-36-38-40-46(52-47(50)51-45-44-48(5)42-43-49(8-3)9-4)41-39-37-35-33-31-29-27-25-23-21-19-17-15-13-11-7-2;1-4-11(5-2)7-6-10(3)8-9-12/h16-19,22-25,46H,6-15,20-21,26-45H2,1-5H3;12H,4-9H2,1-3H3/b18-16-,19-17-,24-22-,25-23-;. The first-order chi connectivity index (χ1) is 31.3. The lowest BCUT2D eigenvalue weighted by Crippen LogP contribution is -2.35. The Labute approximate surface area is 399 Å². The van der Waals surface area contributed by atoms with Gasteiger partial charge in [0, 0.05) is 39.3 Å². The van der Waals surface area contributed by atoms with Crippen LogP contribution in [0.2, 0.25) is 0 Å². The third kappa shape index (κ3) is 49.5. The van der Waals surface area contributed by atoms with Gasteiger partial charge in [0.1, 0.15) is 12.7 Å². The lowest BCUT2D eigenvalue weighted by atomic mass is 10.0. The van der Waals surface area contributed by atoms with Crippen molar-refractivity contribution in [2.45, 2.75) is 215 Å². The number of carbonyl (C=O) groups excluding carboxylic acids is 1. The van der Waals surface area contributed by atoms with E-state index in [9.17, 15) is 4.79 Å². The Morgan fingerprint density at radius 1 is 0.453 bits per heavy atom. The number of unbranched alkanes of at least 4 members (excludes halogenated alkanes) is 18. The van der Waals surface area contributed by atoms with Gasteiger partial charge in [-0.1, -0.05) is 167 Å². The summed E-state index contributed by atoms with van der Waals surface area (Å²) in [6.45, 7) is 24.0. The van der Waals surface area contributed by atoms with Gasteiger partial charge in [-0.05, 0) is 130 Å². The second-order valence-corrected chi connectivity index (χ2v) is 18.0. The Bertz CT molecular complexity index is 994. The number of nitrogens with zero attached hydrogens (tertiary/aromatic N) is 4. The summed E-state index contributed by atoms with van der Waals surface area (Å²) in [5, 5.41) is 8.66. The van der Waals surface area contributed by atoms with E-state index >= 15 is 0 Å². The van der Waals surface area contributed by atoms with Gasteiger partial charge in [0.25, 0.3) is 0 Å². The van der Waals surface area contributed by atoms with Crippen LogP contribution in [0.3, 0.4) is 0 Å². The highest BCUT2D eigenvalue weighted by molar-refractivity contribution is 5.60. The molecule has 0 amide bonds. The zero-order valence-corrected chi connectivity index (χ0v) is 44.0. The molecule has 8 nitrogen and oxygen atoms in total. The molecular weight excluding hydrogens is 793 g/mol. The van der Waals surface area contributed by atoms with Crippen molar-refractivity contribution in [1.82, 2.24) is 19.6 Å². The lowest BCUT2D eigenvalue weighted by molar-refractivity contribution is 0.0128. The van der Waals surface area contributed by atoms with E-state index in [2.05, 4.69) is 117 Å². The molecule has 0 fully saturated rings. The van der Waals surface area contributed by atoms with Gasteiger partial charge in [-0.25, -0.2) is 4.79 Å². The minimum absolute atomic E-state index is 0.0236. The predicted molar refractivity (Wildman–Crippen MR) is 282 cm³/mol. The summed E-state index contributed by atoms with van der Waals surface area (Å²) >= 11 is 0. The topological polar surface area (TPSA) is 68.7 Å². The van der Waals surface area contributed by atoms with E-state index in [0.29, 0.717) is 6.61 Å². The molecule has 1 N–H and O–H groups in total. The molecule has 0 saturated heterocycles. The molecule has 0 aliphatic rings. The minimum Gasteiger partial charge on any atom is -0.433 e. The van der Waals surface area contributed by atoms with E-state index in [-0.39, 0.29) is 12.7 Å². The molecule has 0 aliphatic heterocycles. The zero-order valence-electron chi connectivity index (χ0n) is 44.0. The molecule has 0 unspecified atom stereocenters. The molecule has 0 aromatic rings. The van der Waals surface area contributed by atoms with Crippen LogP contribution in [0, 0.1) is 0 Å². The molecule has 0 atom stereocenters. The summed E-state index contributed by atoms with van der Waals surface area (Å²) in [6.07, 6.45) is 50.0. The smallest absolute Gasteiger partial charge is 0.433 e. The summed E-state index contributed by atoms with van der Waals surface area (Å²) in [5.41, 5.74) is 0. The highest BCUT2D eigenvalue weighted by Crippen LogP contribution is 2.18. The van der Waals surface area contributed by atoms with Gasteiger partial charge in [0.05, 0.1) is 6.61 Å². The molecule has 0 saturated carbocycles. The number of ether oxygens (including phenoxy) is 2. The average Bonchev–Trinajstić information content (AvgIpc) is 3.29. The molecule has 0 aromatic heterocycles. The number of aliphatic hydroxyl groups excluding tert-OH is 1. The SMILES string of the molecule is CCCCC/C=C\C/C=C\CCCCCCCCC(CCCCCCCC/C=C\C/C=C\CCCCC)OC(=O)OCCN(C)CCN(CC)CC.CCN(CC)CCN(C)CCO. The quantitative estimate of drug-likeness (QED) is 0.0368. The summed E-state index contributed by atoms with van der Waals surface area (Å²) < 4.78 is 11.4. The van der Waals surface area contributed by atoms with Crippen molar-refractivity contribution >= 4 is 6.16 Å². The molecule has 0 rings (SSSR count). The van der Waals surface area contributed by atoms with Crippen LogP contribution in [0.1, 0.15) is 208 Å². The van der Waals surface area contributed by atoms with Gasteiger partial charge in [-0.2, -0.15) is 0 Å². The number of rotatable bonds is 46. The monoisotopic (exact) mass is 903 g/mol. The Hall–Kier alpha value is -1.97. The van der Waals surface area contributed by atoms with Crippen molar-refractivity contribution in [3.63, 3.8) is 0 Å². The van der Waals surface area contributed by atoms with Crippen LogP contribution in [0.5, 0.6) is 0 Å². The van der Waals surface area contributed by atoms with Crippen LogP contribution in [-0.2, 0) is 9.47 Å². The Kier molecular flexibility index (Phi) is 53.7. The number of hydrogen-bond acceptors (Lipinski definition) is 8. The van der Waals surface area contributed by atoms with Crippen molar-refractivity contribution in [2.24, 2.45) is 0 Å². The largest absolute Gasteiger partial charge is 0.508 e. The normalized spacial score (nSPS) is 12.2. The summed E-state index contributed by atoms with van der Waals surface area (Å²) in [4.78, 5) is 21.8. The second kappa shape index (κ2) is 53.6. The van der Waals surface area contributed by atoms with Gasteiger partial charge < -0.3 is 34.2 Å². The van der Waals surface area contributed by atoms with Crippen LogP contribution < -0.4 is 0 Å². The maximum absolute atomic E-state index is 12.6. The second-order valence-electron chi connectivity index (χ2n) is 18.0. The number of hydrogen-bond donors (Lipinski definition) is 1. The Morgan fingerprint density at radius 3 is 1.19 bits per heavy atom. The van der Waals surface area contributed by atoms with Gasteiger partial charge in [0.15, 0.2) is 0 Å². The molecule has 0 aliphatic carbocycles. The van der Waals surface area contributed by atoms with Gasteiger partial charge in [0.2, 0.25) is 0 Å². The van der Waals surface area contributed by atoms with E-state index in [1.165, 1.54) is 128 Å². The maximum atomic E-state index is 12.6. The maximum Gasteiger partial charge on any atom is 0.508 e. The Morgan fingerprint density at radius 2 is 0.812 bits per heavy atom. The molecule has 0 spiro atoms. The Balaban J connectivity index is 0. The fourth-order valence-electron chi connectivity index (χ4n) is 7.54. The van der Waals surface area contributed by atoms with Crippen molar-refractivity contribution in [1.29, 1.82) is 0 Å². The van der Waals surface area contributed by atoms with E-state index < -0.39 is 6.16 Å². The number of carbonyl (C=O) groups is 1. The number of allylic oxidation sites excluding steroid dienone is 8. The summed E-state index contributed by atoms with van der Waals surface area (Å²) in [5.74, 6) is 0. The van der Waals surface area contributed by atoms with Crippen LogP contribution >= 0.6 is 0 Å². The van der Waals surface area contributed by atoms with Crippen molar-refractivity contribution in [3.8, 4) is 0 Å². The lowest BCUT2D eigenvalue weighted by Gasteiger charge is -2.23. The first-order valence-electron chi connectivity index (χ1n) is 27.2. The third-order valence-corrected chi connectivity index (χ3v) is 12.3. The predicted octanol–water partition coefficient (Wildman–Crippen LogP) is 14.4. The molecular formula is C56H110N4O4. The minimum atomic E-state index is -0.484. The fourth-order valence-corrected chi connectivity index (χ4v) is 7.54. The van der Waals surface area contributed by atoms with Crippen LogP contribution in [0.4, 0.5) is 4.79 Å². The number of aliphatic hydroxyl groups is 1. The zero-order chi connectivity index (χ0) is 47.4. The molecule has 64 heavy (non-hydrogen) atoms. The first-order valence-corrected chi connectivity index (χ1v) is 27.2. The summed E-state index contributed by atoms with van der Waals surface area (Å²) in [7, 11) is 4.14. The van der Waals surface area contributed by atoms with Crippen molar-refractivity contribution in [2.75, 3.05) is 92.8 Å². The van der Waals surface area contributed by atoms with Gasteiger partial charge in [-0.15, -0.1) is 0 Å². The molecule has 8 heteroatoms. The summed E-state index contributed by atoms with van der Waals surface area (Å²) in [6, 6.07) is 0. The van der Waals surface area contributed by atoms with Crippen molar-refractivity contribution < 1.29 is 19.4 Å². The van der Waals surface area contributed by atoms with E-state index in [0.717, 1.165) is 104 Å². The van der Waals surface area contributed by atoms with Crippen molar-refractivity contribution in [3.05, 3.63) is 48.6 Å². The highest BCUT2D eigenvalue weighted by atomic mass is 16.7. The van der Waals surface area contributed by atoms with Crippen LogP contribution in [-0.4, -0.2) is 130 Å². The van der Waals surface area contributed by atoms with E-state index in [1.54, 1.807) is 0 Å². The highest BCUT2D eigenvalue weighted by Gasteiger charge is 2.16. The first kappa shape index (κ1) is 64.1. The van der Waals surface area contributed by atoms with Gasteiger partial charge in [-0.3, -0.25) is 0 Å². The van der Waals surface area contributed by atoms with Gasteiger partial charge >= 0.3 is 6.16 Å². The fraction of sp³-hybridized carbons (Fsp3) is 0.839. The molecule has 0 aromatic carbocycles.